The summed E-state index contributed by atoms with van der Waals surface area (Å²) in [5.41, 5.74) is 6.34. The Morgan fingerprint density at radius 1 is 1.24 bits per heavy atom. The average molecular weight is 457 g/mol. The summed E-state index contributed by atoms with van der Waals surface area (Å²) in [6.07, 6.45) is -3.37. The summed E-state index contributed by atoms with van der Waals surface area (Å²) >= 11 is 0. The highest BCUT2D eigenvalue weighted by Gasteiger charge is 2.39. The molecule has 2 aromatic carbocycles. The van der Waals surface area contributed by atoms with Crippen LogP contribution in [0.15, 0.2) is 42.5 Å². The van der Waals surface area contributed by atoms with E-state index in [1.54, 1.807) is 0 Å². The molecule has 33 heavy (non-hydrogen) atoms. The first kappa shape index (κ1) is 23.8. The number of carbonyl (C=O) groups excluding carboxylic acids is 3. The number of nitrogens with one attached hydrogen (secondary N) is 2. The fourth-order valence-electron chi connectivity index (χ4n) is 3.29. The summed E-state index contributed by atoms with van der Waals surface area (Å²) in [6.45, 7) is 0.0385. The van der Waals surface area contributed by atoms with E-state index in [-0.39, 0.29) is 30.2 Å². The number of morpholine rings is 1. The van der Waals surface area contributed by atoms with E-state index in [9.17, 15) is 23.9 Å². The number of hydrogen-bond acceptors (Lipinski definition) is 6. The molecule has 0 radical (unpaired) electrons. The first-order valence-corrected chi connectivity index (χ1v) is 9.97. The second-order valence-corrected chi connectivity index (χ2v) is 7.60. The lowest BCUT2D eigenvalue weighted by Gasteiger charge is -2.34. The second-order valence-electron chi connectivity index (χ2n) is 7.60. The normalized spacial score (nSPS) is 16.8. The Morgan fingerprint density at radius 3 is 2.52 bits per heavy atom. The summed E-state index contributed by atoms with van der Waals surface area (Å²) in [4.78, 5) is 40.2. The standard InChI is InChI=1S/C22H24FN5O5/c1-27(2)21(31)13-9-14(23)11-16(10-13)28-7-8-33-18(22(28)32)17(29)20(30)26-15-5-3-12(4-6-15)19(24)25/h3-6,9-11,17-18,29H,7-8H2,1-2H3,(H3,24,25)(H,26,30)/t17-,18-/m1/s1. The topological polar surface area (TPSA) is 149 Å². The Morgan fingerprint density at radius 2 is 1.91 bits per heavy atom. The van der Waals surface area contributed by atoms with Crippen molar-refractivity contribution in [3.05, 3.63) is 59.4 Å². The third-order valence-electron chi connectivity index (χ3n) is 4.99. The molecule has 1 saturated heterocycles. The number of rotatable bonds is 6. The van der Waals surface area contributed by atoms with Gasteiger partial charge in [0.25, 0.3) is 17.7 Å². The highest BCUT2D eigenvalue weighted by atomic mass is 19.1. The third kappa shape index (κ3) is 5.33. The quantitative estimate of drug-likeness (QED) is 0.368. The van der Waals surface area contributed by atoms with Gasteiger partial charge in [0, 0.05) is 43.1 Å². The van der Waals surface area contributed by atoms with Crippen LogP contribution in [0.25, 0.3) is 0 Å². The summed E-state index contributed by atoms with van der Waals surface area (Å²) in [5, 5.41) is 20.3. The van der Waals surface area contributed by atoms with Gasteiger partial charge in [-0.25, -0.2) is 4.39 Å². The van der Waals surface area contributed by atoms with Crippen molar-refractivity contribution >= 4 is 34.9 Å². The molecule has 0 aromatic heterocycles. The minimum atomic E-state index is -1.84. The van der Waals surface area contributed by atoms with Crippen molar-refractivity contribution < 1.29 is 28.6 Å². The zero-order chi connectivity index (χ0) is 24.3. The largest absolute Gasteiger partial charge is 0.384 e. The second kappa shape index (κ2) is 9.76. The number of anilines is 2. The van der Waals surface area contributed by atoms with Gasteiger partial charge >= 0.3 is 0 Å². The van der Waals surface area contributed by atoms with Gasteiger partial charge in [0.1, 0.15) is 11.7 Å². The number of aliphatic hydroxyl groups is 1. The summed E-state index contributed by atoms with van der Waals surface area (Å²) in [7, 11) is 3.04. The van der Waals surface area contributed by atoms with Crippen molar-refractivity contribution in [3.8, 4) is 0 Å². The van der Waals surface area contributed by atoms with Crippen molar-refractivity contribution in [2.75, 3.05) is 37.5 Å². The van der Waals surface area contributed by atoms with E-state index in [0.29, 0.717) is 11.3 Å². The molecule has 1 aliphatic heterocycles. The van der Waals surface area contributed by atoms with Crippen LogP contribution in [0.5, 0.6) is 0 Å². The van der Waals surface area contributed by atoms with E-state index < -0.39 is 35.7 Å². The Hall–Kier alpha value is -3.83. The molecule has 0 saturated carbocycles. The molecule has 0 aliphatic carbocycles. The molecule has 3 amide bonds. The van der Waals surface area contributed by atoms with Crippen LogP contribution in [0.1, 0.15) is 15.9 Å². The lowest BCUT2D eigenvalue weighted by Crippen LogP contribution is -2.55. The van der Waals surface area contributed by atoms with Crippen molar-refractivity contribution in [1.82, 2.24) is 4.90 Å². The number of nitrogens with two attached hydrogens (primary N) is 1. The molecule has 2 aromatic rings. The number of ether oxygens (including phenoxy) is 1. The Bertz CT molecular complexity index is 1090. The van der Waals surface area contributed by atoms with Crippen LogP contribution in [0, 0.1) is 11.2 Å². The molecule has 174 valence electrons. The Kier molecular flexibility index (Phi) is 7.04. The molecule has 0 spiro atoms. The van der Waals surface area contributed by atoms with E-state index in [0.717, 1.165) is 12.1 Å². The maximum Gasteiger partial charge on any atom is 0.259 e. The van der Waals surface area contributed by atoms with E-state index >= 15 is 0 Å². The van der Waals surface area contributed by atoms with Gasteiger partial charge in [-0.1, -0.05) is 0 Å². The molecule has 2 atom stereocenters. The predicted molar refractivity (Wildman–Crippen MR) is 119 cm³/mol. The zero-order valence-electron chi connectivity index (χ0n) is 18.0. The number of nitrogen functional groups attached to an aromatic ring is 1. The maximum atomic E-state index is 14.2. The van der Waals surface area contributed by atoms with E-state index in [1.165, 1.54) is 54.2 Å². The lowest BCUT2D eigenvalue weighted by molar-refractivity contribution is -0.150. The maximum absolute atomic E-state index is 14.2. The molecule has 1 fully saturated rings. The SMILES string of the molecule is CN(C)C(=O)c1cc(F)cc(N2CCO[C@H]([C@@H](O)C(=O)Nc3ccc(C(=N)N)cc3)C2=O)c1. The van der Waals surface area contributed by atoms with Crippen LogP contribution < -0.4 is 16.0 Å². The van der Waals surface area contributed by atoms with Crippen molar-refractivity contribution in [2.24, 2.45) is 5.73 Å². The Balaban J connectivity index is 1.76. The molecular weight excluding hydrogens is 433 g/mol. The van der Waals surface area contributed by atoms with Gasteiger partial charge in [0.2, 0.25) is 0 Å². The van der Waals surface area contributed by atoms with Gasteiger partial charge in [-0.05, 0) is 42.5 Å². The van der Waals surface area contributed by atoms with Crippen molar-refractivity contribution in [2.45, 2.75) is 12.2 Å². The average Bonchev–Trinajstić information content (AvgIpc) is 2.78. The lowest BCUT2D eigenvalue weighted by atomic mass is 10.1. The number of halogens is 1. The number of carbonyl (C=O) groups is 3. The first-order chi connectivity index (χ1) is 15.6. The number of aliphatic hydroxyl groups excluding tert-OH is 1. The molecule has 11 heteroatoms. The fourth-order valence-corrected chi connectivity index (χ4v) is 3.29. The van der Waals surface area contributed by atoms with Crippen molar-refractivity contribution in [1.29, 1.82) is 5.41 Å². The van der Waals surface area contributed by atoms with Crippen LogP contribution in [0.3, 0.4) is 0 Å². The van der Waals surface area contributed by atoms with Gasteiger partial charge in [0.05, 0.1) is 6.61 Å². The van der Waals surface area contributed by atoms with Gasteiger partial charge in [-0.3, -0.25) is 19.8 Å². The monoisotopic (exact) mass is 457 g/mol. The molecule has 3 rings (SSSR count). The zero-order valence-corrected chi connectivity index (χ0v) is 18.0. The van der Waals surface area contributed by atoms with E-state index in [4.69, 9.17) is 15.9 Å². The number of hydrogen-bond donors (Lipinski definition) is 4. The predicted octanol–water partition coefficient (Wildman–Crippen LogP) is 0.543. The number of benzene rings is 2. The van der Waals surface area contributed by atoms with Crippen LogP contribution in [-0.4, -0.2) is 73.0 Å². The summed E-state index contributed by atoms with van der Waals surface area (Å²) < 4.78 is 19.5. The molecule has 0 unspecified atom stereocenters. The van der Waals surface area contributed by atoms with Crippen LogP contribution in [0.2, 0.25) is 0 Å². The fraction of sp³-hybridized carbons (Fsp3) is 0.273. The number of nitrogens with zero attached hydrogens (tertiary/aromatic N) is 2. The minimum Gasteiger partial charge on any atom is -0.384 e. The highest BCUT2D eigenvalue weighted by molar-refractivity contribution is 6.04. The van der Waals surface area contributed by atoms with Gasteiger partial charge in [-0.2, -0.15) is 0 Å². The van der Waals surface area contributed by atoms with Gasteiger partial charge in [-0.15, -0.1) is 0 Å². The number of amidine groups is 1. The first-order valence-electron chi connectivity index (χ1n) is 9.97. The van der Waals surface area contributed by atoms with E-state index in [1.807, 2.05) is 0 Å². The smallest absolute Gasteiger partial charge is 0.259 e. The number of amides is 3. The molecule has 1 aliphatic rings. The van der Waals surface area contributed by atoms with Crippen LogP contribution >= 0.6 is 0 Å². The molecule has 1 heterocycles. The molecule has 10 nitrogen and oxygen atoms in total. The molecule has 0 bridgehead atoms. The van der Waals surface area contributed by atoms with Crippen molar-refractivity contribution in [3.63, 3.8) is 0 Å². The van der Waals surface area contributed by atoms with Crippen LogP contribution in [0.4, 0.5) is 15.8 Å². The third-order valence-corrected chi connectivity index (χ3v) is 4.99. The molecular formula is C22H24FN5O5. The minimum absolute atomic E-state index is 0.0124. The van der Waals surface area contributed by atoms with Gasteiger partial charge < -0.3 is 30.7 Å². The van der Waals surface area contributed by atoms with Gasteiger partial charge in [0.15, 0.2) is 12.2 Å². The van der Waals surface area contributed by atoms with E-state index in [2.05, 4.69) is 5.32 Å². The van der Waals surface area contributed by atoms with Crippen LogP contribution in [-0.2, 0) is 14.3 Å². The summed E-state index contributed by atoms with van der Waals surface area (Å²) in [6, 6.07) is 9.55. The summed E-state index contributed by atoms with van der Waals surface area (Å²) in [5.74, 6) is -2.91. The Labute approximate surface area is 189 Å². The molecule has 5 N–H and O–H groups in total. The highest BCUT2D eigenvalue weighted by Crippen LogP contribution is 2.24.